The zero-order chi connectivity index (χ0) is 25.4. The third-order valence-corrected chi connectivity index (χ3v) is 6.61. The summed E-state index contributed by atoms with van der Waals surface area (Å²) in [6.45, 7) is 0.288. The van der Waals surface area contributed by atoms with E-state index in [2.05, 4.69) is 4.98 Å². The highest BCUT2D eigenvalue weighted by molar-refractivity contribution is 5.95. The number of nitrogens with zero attached hydrogens (tertiary/aromatic N) is 1. The van der Waals surface area contributed by atoms with E-state index in [-0.39, 0.29) is 17.7 Å². The molecule has 0 saturated heterocycles. The van der Waals surface area contributed by atoms with Gasteiger partial charge < -0.3 is 24.1 Å². The van der Waals surface area contributed by atoms with Crippen LogP contribution in [0.2, 0.25) is 0 Å². The summed E-state index contributed by atoms with van der Waals surface area (Å²) in [6.07, 6.45) is 0.506. The number of carbonyl (C=O) groups is 1. The molecule has 0 fully saturated rings. The van der Waals surface area contributed by atoms with E-state index in [1.54, 1.807) is 49.5 Å². The summed E-state index contributed by atoms with van der Waals surface area (Å²) in [7, 11) is 4.65. The largest absolute Gasteiger partial charge is 0.497 e. The van der Waals surface area contributed by atoms with Crippen molar-refractivity contribution in [3.63, 3.8) is 0 Å². The van der Waals surface area contributed by atoms with Crippen LogP contribution in [0.5, 0.6) is 17.2 Å². The van der Waals surface area contributed by atoms with E-state index in [4.69, 9.17) is 14.2 Å². The molecule has 1 N–H and O–H groups in total. The molecule has 1 atom stereocenters. The Kier molecular flexibility index (Phi) is 6.10. The van der Waals surface area contributed by atoms with Gasteiger partial charge in [0, 0.05) is 23.0 Å². The minimum Gasteiger partial charge on any atom is -0.497 e. The highest BCUT2D eigenvalue weighted by Gasteiger charge is 2.36. The molecule has 0 spiro atoms. The average molecular weight is 489 g/mol. The lowest BCUT2D eigenvalue weighted by Crippen LogP contribution is -2.42. The first-order valence-corrected chi connectivity index (χ1v) is 11.5. The van der Waals surface area contributed by atoms with E-state index in [1.807, 2.05) is 12.1 Å². The first kappa shape index (κ1) is 23.4. The van der Waals surface area contributed by atoms with Gasteiger partial charge in [-0.05, 0) is 66.1 Å². The minimum absolute atomic E-state index is 0.0506. The molecule has 0 aliphatic carbocycles. The summed E-state index contributed by atoms with van der Waals surface area (Å²) in [5.74, 6) is 0.553. The Bertz CT molecular complexity index is 1530. The van der Waals surface area contributed by atoms with Crippen LogP contribution in [0.1, 0.15) is 33.1 Å². The summed E-state index contributed by atoms with van der Waals surface area (Å²) in [6, 6.07) is 15.8. The molecule has 2 heterocycles. The lowest BCUT2D eigenvalue weighted by molar-refractivity contribution is 0.0688. The predicted molar refractivity (Wildman–Crippen MR) is 134 cm³/mol. The van der Waals surface area contributed by atoms with E-state index in [0.29, 0.717) is 34.7 Å². The van der Waals surface area contributed by atoms with E-state index in [1.165, 1.54) is 25.3 Å². The highest BCUT2D eigenvalue weighted by Crippen LogP contribution is 2.41. The van der Waals surface area contributed by atoms with Crippen LogP contribution in [0.25, 0.3) is 10.9 Å². The maximum Gasteiger partial charge on any atom is 0.257 e. The fourth-order valence-electron chi connectivity index (χ4n) is 4.82. The normalized spacial score (nSPS) is 14.9. The molecular weight excluding hydrogens is 463 g/mol. The molecule has 1 aromatic heterocycles. The molecule has 1 aliphatic rings. The van der Waals surface area contributed by atoms with Gasteiger partial charge in [0.25, 0.3) is 11.5 Å². The summed E-state index contributed by atoms with van der Waals surface area (Å²) in [4.78, 5) is 31.5. The second kappa shape index (κ2) is 9.37. The van der Waals surface area contributed by atoms with E-state index >= 15 is 0 Å². The molecule has 1 aliphatic heterocycles. The van der Waals surface area contributed by atoms with Gasteiger partial charge in [-0.3, -0.25) is 9.59 Å². The van der Waals surface area contributed by atoms with Gasteiger partial charge in [0.1, 0.15) is 11.6 Å². The van der Waals surface area contributed by atoms with Crippen molar-refractivity contribution in [3.8, 4) is 17.2 Å². The fraction of sp³-hybridized carbons (Fsp3) is 0.214. The Hall–Kier alpha value is -4.33. The van der Waals surface area contributed by atoms with Crippen molar-refractivity contribution >= 4 is 16.8 Å². The molecule has 0 unspecified atom stereocenters. The van der Waals surface area contributed by atoms with Gasteiger partial charge in [0.2, 0.25) is 0 Å². The molecule has 4 aromatic rings. The van der Waals surface area contributed by atoms with Crippen molar-refractivity contribution in [1.82, 2.24) is 9.88 Å². The van der Waals surface area contributed by atoms with Crippen LogP contribution in [0.4, 0.5) is 4.39 Å². The Morgan fingerprint density at radius 1 is 0.944 bits per heavy atom. The quantitative estimate of drug-likeness (QED) is 0.448. The minimum atomic E-state index is -0.778. The topological polar surface area (TPSA) is 80.9 Å². The zero-order valence-electron chi connectivity index (χ0n) is 20.1. The van der Waals surface area contributed by atoms with Crippen LogP contribution in [0, 0.1) is 5.82 Å². The number of aromatic amines is 1. The van der Waals surface area contributed by atoms with E-state index in [0.717, 1.165) is 16.5 Å². The number of carbonyl (C=O) groups excluding carboxylic acids is 1. The van der Waals surface area contributed by atoms with Gasteiger partial charge in [-0.1, -0.05) is 12.1 Å². The van der Waals surface area contributed by atoms with Gasteiger partial charge in [-0.2, -0.15) is 0 Å². The number of hydrogen-bond donors (Lipinski definition) is 1. The number of nitrogens with one attached hydrogen (secondary N) is 1. The fourth-order valence-corrected chi connectivity index (χ4v) is 4.82. The summed E-state index contributed by atoms with van der Waals surface area (Å²) < 4.78 is 31.0. The van der Waals surface area contributed by atoms with Gasteiger partial charge >= 0.3 is 0 Å². The molecule has 1 amide bonds. The van der Waals surface area contributed by atoms with Crippen molar-refractivity contribution in [3.05, 3.63) is 99.1 Å². The summed E-state index contributed by atoms with van der Waals surface area (Å²) in [5, 5.41) is 0.745. The molecule has 0 bridgehead atoms. The maximum atomic E-state index is 14.6. The summed E-state index contributed by atoms with van der Waals surface area (Å²) >= 11 is 0. The number of fused-ring (bicyclic) bond motifs is 2. The van der Waals surface area contributed by atoms with Crippen LogP contribution in [0.3, 0.4) is 0 Å². The first-order valence-electron chi connectivity index (χ1n) is 11.5. The molecular formula is C28H25FN2O5. The van der Waals surface area contributed by atoms with Gasteiger partial charge in [-0.25, -0.2) is 4.39 Å². The second-order valence-corrected chi connectivity index (χ2v) is 8.54. The van der Waals surface area contributed by atoms with Crippen LogP contribution in [-0.2, 0) is 6.42 Å². The van der Waals surface area contributed by atoms with E-state index < -0.39 is 17.8 Å². The van der Waals surface area contributed by atoms with Gasteiger partial charge in [0.05, 0.1) is 32.9 Å². The number of pyridine rings is 1. The first-order chi connectivity index (χ1) is 17.4. The van der Waals surface area contributed by atoms with Crippen LogP contribution in [-0.4, -0.2) is 43.7 Å². The highest BCUT2D eigenvalue weighted by atomic mass is 19.1. The predicted octanol–water partition coefficient (Wildman–Crippen LogP) is 4.48. The Morgan fingerprint density at radius 2 is 1.69 bits per heavy atom. The molecule has 7 nitrogen and oxygen atoms in total. The lowest BCUT2D eigenvalue weighted by Gasteiger charge is -2.38. The zero-order valence-corrected chi connectivity index (χ0v) is 20.1. The Labute approximate surface area is 207 Å². The number of ether oxygens (including phenoxy) is 3. The smallest absolute Gasteiger partial charge is 0.257 e. The molecule has 8 heteroatoms. The standard InChI is InChI=1S/C28H25FN2O5/c1-34-18-8-9-23-17(12-18)13-21(27(32)30-23)26-20-15-25(36-3)24(35-2)14-16(20)10-11-31(26)28(33)19-6-4-5-7-22(19)29/h4-9,12-15,26H,10-11H2,1-3H3,(H,30,32)/t26-/m1/s1. The maximum absolute atomic E-state index is 14.6. The monoisotopic (exact) mass is 488 g/mol. The Balaban J connectivity index is 1.74. The van der Waals surface area contributed by atoms with Crippen molar-refractivity contribution < 1.29 is 23.4 Å². The molecule has 0 saturated carbocycles. The number of benzene rings is 3. The van der Waals surface area contributed by atoms with Gasteiger partial charge in [-0.15, -0.1) is 0 Å². The molecule has 0 radical (unpaired) electrons. The number of rotatable bonds is 5. The van der Waals surface area contributed by atoms with Crippen molar-refractivity contribution in [2.75, 3.05) is 27.9 Å². The molecule has 3 aromatic carbocycles. The van der Waals surface area contributed by atoms with Crippen LogP contribution < -0.4 is 19.8 Å². The SMILES string of the molecule is COc1ccc2[nH]c(=O)c([C@H]3c4cc(OC)c(OC)cc4CCN3C(=O)c3ccccc3F)cc2c1. The van der Waals surface area contributed by atoms with Crippen molar-refractivity contribution in [2.24, 2.45) is 0 Å². The van der Waals surface area contributed by atoms with Crippen molar-refractivity contribution in [2.45, 2.75) is 12.5 Å². The Morgan fingerprint density at radius 3 is 2.42 bits per heavy atom. The molecule has 184 valence electrons. The van der Waals surface area contributed by atoms with Crippen molar-refractivity contribution in [1.29, 1.82) is 0 Å². The number of amides is 1. The second-order valence-electron chi connectivity index (χ2n) is 8.54. The van der Waals surface area contributed by atoms with Crippen LogP contribution in [0.15, 0.2) is 65.5 Å². The lowest BCUT2D eigenvalue weighted by atomic mass is 9.87. The number of halogens is 1. The average Bonchev–Trinajstić information content (AvgIpc) is 2.90. The van der Waals surface area contributed by atoms with E-state index in [9.17, 15) is 14.0 Å². The third-order valence-electron chi connectivity index (χ3n) is 6.61. The number of methoxy groups -OCH3 is 3. The number of aromatic nitrogens is 1. The third kappa shape index (κ3) is 3.94. The summed E-state index contributed by atoms with van der Waals surface area (Å²) in [5.41, 5.74) is 2.24. The number of H-pyrrole nitrogens is 1. The van der Waals surface area contributed by atoms with Gasteiger partial charge in [0.15, 0.2) is 11.5 Å². The number of hydrogen-bond acceptors (Lipinski definition) is 5. The molecule has 36 heavy (non-hydrogen) atoms. The molecule has 5 rings (SSSR count). The van der Waals surface area contributed by atoms with Crippen LogP contribution >= 0.6 is 0 Å².